The molecular formula is C19H25N5O. The smallest absolute Gasteiger partial charge is 0.252 e. The SMILES string of the molecule is CN1C2CCC1CC(NC(=O)c1cc(C3CC3)nc3c1cnn3C)C2. The molecular weight excluding hydrogens is 314 g/mol. The van der Waals surface area contributed by atoms with Crippen molar-refractivity contribution in [3.63, 3.8) is 0 Å². The zero-order valence-corrected chi connectivity index (χ0v) is 14.9. The van der Waals surface area contributed by atoms with Gasteiger partial charge in [-0.2, -0.15) is 5.10 Å². The number of nitrogens with zero attached hydrogens (tertiary/aromatic N) is 4. The number of aromatic nitrogens is 3. The molecule has 3 fully saturated rings. The van der Waals surface area contributed by atoms with Crippen molar-refractivity contribution in [1.82, 2.24) is 25.0 Å². The summed E-state index contributed by atoms with van der Waals surface area (Å²) in [7, 11) is 4.12. The number of amides is 1. The second kappa shape index (κ2) is 5.53. The van der Waals surface area contributed by atoms with Crippen LogP contribution in [-0.2, 0) is 7.05 Å². The number of carbonyl (C=O) groups excluding carboxylic acids is 1. The number of hydrogen-bond acceptors (Lipinski definition) is 4. The molecule has 5 rings (SSSR count). The molecule has 0 aromatic carbocycles. The quantitative estimate of drug-likeness (QED) is 0.931. The van der Waals surface area contributed by atoms with Crippen LogP contribution in [0.3, 0.4) is 0 Å². The van der Waals surface area contributed by atoms with Crippen molar-refractivity contribution in [3.05, 3.63) is 23.5 Å². The maximum atomic E-state index is 13.1. The Balaban J connectivity index is 1.43. The number of aryl methyl sites for hydroxylation is 1. The predicted molar refractivity (Wildman–Crippen MR) is 95.5 cm³/mol. The molecule has 1 amide bonds. The standard InChI is InChI=1S/C19H25N5O/c1-23-13-5-6-14(23)8-12(7-13)21-19(25)15-9-17(11-3-4-11)22-18-16(15)10-20-24(18)2/h9-14H,3-8H2,1-2H3,(H,21,25). The van der Waals surface area contributed by atoms with Crippen LogP contribution in [0.5, 0.6) is 0 Å². The molecule has 2 atom stereocenters. The van der Waals surface area contributed by atoms with E-state index in [0.29, 0.717) is 18.0 Å². The molecule has 25 heavy (non-hydrogen) atoms. The Morgan fingerprint density at radius 3 is 2.56 bits per heavy atom. The highest BCUT2D eigenvalue weighted by Crippen LogP contribution is 2.40. The number of hydrogen-bond donors (Lipinski definition) is 1. The molecule has 2 bridgehead atoms. The largest absolute Gasteiger partial charge is 0.349 e. The van der Waals surface area contributed by atoms with E-state index in [9.17, 15) is 4.79 Å². The summed E-state index contributed by atoms with van der Waals surface area (Å²) in [6.45, 7) is 0. The predicted octanol–water partition coefficient (Wildman–Crippen LogP) is 2.20. The van der Waals surface area contributed by atoms with Crippen molar-refractivity contribution < 1.29 is 4.79 Å². The van der Waals surface area contributed by atoms with Gasteiger partial charge in [0, 0.05) is 36.8 Å². The van der Waals surface area contributed by atoms with E-state index in [1.165, 1.54) is 25.7 Å². The average Bonchev–Trinajstić information content (AvgIpc) is 3.35. The van der Waals surface area contributed by atoms with Crippen LogP contribution in [0.1, 0.15) is 60.5 Å². The number of pyridine rings is 1. The lowest BCUT2D eigenvalue weighted by molar-refractivity contribution is 0.0884. The molecule has 0 spiro atoms. The molecule has 6 heteroatoms. The first kappa shape index (κ1) is 15.3. The summed E-state index contributed by atoms with van der Waals surface area (Å²) in [5, 5.41) is 8.49. The molecule has 1 saturated carbocycles. The maximum absolute atomic E-state index is 13.1. The zero-order chi connectivity index (χ0) is 17.1. The van der Waals surface area contributed by atoms with Gasteiger partial charge in [0.25, 0.3) is 5.91 Å². The van der Waals surface area contributed by atoms with E-state index in [0.717, 1.165) is 35.1 Å². The lowest BCUT2D eigenvalue weighted by atomic mass is 9.97. The summed E-state index contributed by atoms with van der Waals surface area (Å²) in [4.78, 5) is 20.3. The maximum Gasteiger partial charge on any atom is 0.252 e. The van der Waals surface area contributed by atoms with Crippen molar-refractivity contribution in [1.29, 1.82) is 0 Å². The summed E-state index contributed by atoms with van der Waals surface area (Å²) in [5.41, 5.74) is 2.61. The number of fused-ring (bicyclic) bond motifs is 3. The Kier molecular flexibility index (Phi) is 3.39. The van der Waals surface area contributed by atoms with E-state index in [1.807, 2.05) is 13.1 Å². The second-order valence-electron chi connectivity index (χ2n) is 8.07. The lowest BCUT2D eigenvalue weighted by Crippen LogP contribution is -2.48. The van der Waals surface area contributed by atoms with Crippen molar-refractivity contribution >= 4 is 16.9 Å². The number of rotatable bonds is 3. The molecule has 2 unspecified atom stereocenters. The van der Waals surface area contributed by atoms with Gasteiger partial charge in [0.1, 0.15) is 0 Å². The summed E-state index contributed by atoms with van der Waals surface area (Å²) >= 11 is 0. The van der Waals surface area contributed by atoms with E-state index in [1.54, 1.807) is 10.9 Å². The first-order chi connectivity index (χ1) is 12.1. The zero-order valence-electron chi connectivity index (χ0n) is 14.9. The van der Waals surface area contributed by atoms with Crippen LogP contribution >= 0.6 is 0 Å². The molecule has 2 aromatic rings. The van der Waals surface area contributed by atoms with Crippen molar-refractivity contribution in [2.75, 3.05) is 7.05 Å². The molecule has 2 aromatic heterocycles. The molecule has 2 saturated heterocycles. The van der Waals surface area contributed by atoms with Gasteiger partial charge >= 0.3 is 0 Å². The molecule has 6 nitrogen and oxygen atoms in total. The van der Waals surface area contributed by atoms with Gasteiger partial charge in [-0.1, -0.05) is 0 Å². The first-order valence-electron chi connectivity index (χ1n) is 9.45. The molecule has 2 aliphatic heterocycles. The first-order valence-corrected chi connectivity index (χ1v) is 9.45. The monoisotopic (exact) mass is 339 g/mol. The summed E-state index contributed by atoms with van der Waals surface area (Å²) < 4.78 is 1.77. The molecule has 132 valence electrons. The molecule has 1 N–H and O–H groups in total. The van der Waals surface area contributed by atoms with Gasteiger partial charge in [-0.15, -0.1) is 0 Å². The van der Waals surface area contributed by atoms with Crippen LogP contribution in [0.2, 0.25) is 0 Å². The van der Waals surface area contributed by atoms with Gasteiger partial charge in [-0.25, -0.2) is 4.98 Å². The van der Waals surface area contributed by atoms with Gasteiger partial charge < -0.3 is 10.2 Å². The fourth-order valence-electron chi connectivity index (χ4n) is 4.70. The van der Waals surface area contributed by atoms with E-state index in [-0.39, 0.29) is 11.9 Å². The average molecular weight is 339 g/mol. The van der Waals surface area contributed by atoms with Crippen LogP contribution in [0.25, 0.3) is 11.0 Å². The third-order valence-electron chi connectivity index (χ3n) is 6.40. The van der Waals surface area contributed by atoms with Crippen LogP contribution in [0.4, 0.5) is 0 Å². The van der Waals surface area contributed by atoms with E-state index in [2.05, 4.69) is 22.4 Å². The molecule has 0 radical (unpaired) electrons. The molecule has 1 aliphatic carbocycles. The molecule has 4 heterocycles. The molecule has 3 aliphatic rings. The Labute approximate surface area is 147 Å². The highest BCUT2D eigenvalue weighted by atomic mass is 16.1. The van der Waals surface area contributed by atoms with Crippen molar-refractivity contribution in [2.24, 2.45) is 7.05 Å². The fraction of sp³-hybridized carbons (Fsp3) is 0.632. The summed E-state index contributed by atoms with van der Waals surface area (Å²) in [6, 6.07) is 3.54. The van der Waals surface area contributed by atoms with E-state index >= 15 is 0 Å². The van der Waals surface area contributed by atoms with Gasteiger partial charge in [0.2, 0.25) is 0 Å². The minimum Gasteiger partial charge on any atom is -0.349 e. The van der Waals surface area contributed by atoms with Gasteiger partial charge in [-0.05, 0) is 51.6 Å². The number of piperidine rings is 1. The van der Waals surface area contributed by atoms with E-state index in [4.69, 9.17) is 4.98 Å². The summed E-state index contributed by atoms with van der Waals surface area (Å²) in [5.74, 6) is 0.557. The van der Waals surface area contributed by atoms with Crippen molar-refractivity contribution in [2.45, 2.75) is 62.6 Å². The minimum absolute atomic E-state index is 0.0382. The fourth-order valence-corrected chi connectivity index (χ4v) is 4.70. The summed E-state index contributed by atoms with van der Waals surface area (Å²) in [6.07, 6.45) is 8.78. The third kappa shape index (κ3) is 2.54. The van der Waals surface area contributed by atoms with Crippen LogP contribution in [0.15, 0.2) is 12.3 Å². The van der Waals surface area contributed by atoms with Crippen LogP contribution in [-0.4, -0.2) is 50.7 Å². The van der Waals surface area contributed by atoms with Gasteiger partial charge in [0.05, 0.1) is 17.1 Å². The second-order valence-corrected chi connectivity index (χ2v) is 8.07. The van der Waals surface area contributed by atoms with Crippen LogP contribution < -0.4 is 5.32 Å². The van der Waals surface area contributed by atoms with Gasteiger partial charge in [-0.3, -0.25) is 9.48 Å². The highest BCUT2D eigenvalue weighted by molar-refractivity contribution is 6.05. The lowest BCUT2D eigenvalue weighted by Gasteiger charge is -2.36. The Bertz CT molecular complexity index is 826. The Hall–Kier alpha value is -1.95. The third-order valence-corrected chi connectivity index (χ3v) is 6.40. The normalized spacial score (nSPS) is 29.3. The van der Waals surface area contributed by atoms with Gasteiger partial charge in [0.15, 0.2) is 5.65 Å². The highest BCUT2D eigenvalue weighted by Gasteiger charge is 2.39. The minimum atomic E-state index is 0.0382. The van der Waals surface area contributed by atoms with E-state index < -0.39 is 0 Å². The van der Waals surface area contributed by atoms with Crippen molar-refractivity contribution in [3.8, 4) is 0 Å². The number of carbonyl (C=O) groups is 1. The van der Waals surface area contributed by atoms with Crippen LogP contribution in [0, 0.1) is 0 Å². The Morgan fingerprint density at radius 2 is 1.88 bits per heavy atom. The topological polar surface area (TPSA) is 63.1 Å². The number of nitrogens with one attached hydrogen (secondary N) is 1. The Morgan fingerprint density at radius 1 is 1.16 bits per heavy atom.